The summed E-state index contributed by atoms with van der Waals surface area (Å²) in [6, 6.07) is 0. The molecule has 4 aliphatic rings. The van der Waals surface area contributed by atoms with E-state index in [-0.39, 0.29) is 34.9 Å². The van der Waals surface area contributed by atoms with Gasteiger partial charge in [0.05, 0.1) is 12.2 Å². The Balaban J connectivity index is 1.62. The molecular weight excluding hydrogens is 364 g/mol. The van der Waals surface area contributed by atoms with Crippen molar-refractivity contribution in [3.05, 3.63) is 0 Å². The van der Waals surface area contributed by atoms with Crippen LogP contribution in [0.5, 0.6) is 0 Å². The Kier molecular flexibility index (Phi) is 5.38. The molecule has 0 amide bonds. The lowest BCUT2D eigenvalue weighted by Crippen LogP contribution is -2.63. The highest BCUT2D eigenvalue weighted by atomic mass is 16.4. The van der Waals surface area contributed by atoms with E-state index in [1.807, 2.05) is 0 Å². The number of carbonyl (C=O) groups is 1. The van der Waals surface area contributed by atoms with Gasteiger partial charge in [-0.3, -0.25) is 0 Å². The molecule has 0 radical (unpaired) electrons. The minimum Gasteiger partial charge on any atom is -0.550 e. The van der Waals surface area contributed by atoms with Crippen LogP contribution in [0.1, 0.15) is 91.9 Å². The normalized spacial score (nSPS) is 52.9. The standard InChI is InChI=1S/C25H42O4/c1-15(5-8-22(28)29)18-6-7-19-24(3)11-9-16-13-17(26)10-12-23(16,2)20(24)14-21(27)25(18,19)4/h15-21,26-27H,5-14H2,1-4H3,(H,28,29)/p-1/t15-,16-,17-,18-,19+,20-,21+,23+,24+,25-/m1/s1. The first-order chi connectivity index (χ1) is 13.5. The maximum Gasteiger partial charge on any atom is 0.0602 e. The molecule has 29 heavy (non-hydrogen) atoms. The van der Waals surface area contributed by atoms with Crippen LogP contribution in [-0.4, -0.2) is 28.4 Å². The summed E-state index contributed by atoms with van der Waals surface area (Å²) in [5, 5.41) is 32.8. The lowest BCUT2D eigenvalue weighted by molar-refractivity contribution is -0.306. The third-order valence-electron chi connectivity index (χ3n) is 10.9. The smallest absolute Gasteiger partial charge is 0.0602 e. The van der Waals surface area contributed by atoms with Crippen molar-refractivity contribution in [1.82, 2.24) is 0 Å². The Bertz CT molecular complexity index is 649. The van der Waals surface area contributed by atoms with Gasteiger partial charge in [0, 0.05) is 5.97 Å². The number of fused-ring (bicyclic) bond motifs is 5. The predicted molar refractivity (Wildman–Crippen MR) is 111 cm³/mol. The lowest BCUT2D eigenvalue weighted by atomic mass is 9.38. The maximum absolute atomic E-state index is 11.6. The van der Waals surface area contributed by atoms with Crippen LogP contribution >= 0.6 is 0 Å². The average molecular weight is 406 g/mol. The number of aliphatic hydroxyl groups is 2. The van der Waals surface area contributed by atoms with Crippen LogP contribution in [0.25, 0.3) is 0 Å². The van der Waals surface area contributed by atoms with Crippen LogP contribution in [0.15, 0.2) is 0 Å². The Morgan fingerprint density at radius 1 is 1.00 bits per heavy atom. The molecule has 4 nitrogen and oxygen atoms in total. The lowest BCUT2D eigenvalue weighted by Gasteiger charge is -2.67. The van der Waals surface area contributed by atoms with Crippen LogP contribution < -0.4 is 5.11 Å². The minimum atomic E-state index is -0.960. The second kappa shape index (κ2) is 7.22. The fourth-order valence-electron chi connectivity index (χ4n) is 9.34. The van der Waals surface area contributed by atoms with Crippen molar-refractivity contribution in [2.75, 3.05) is 0 Å². The molecule has 2 N–H and O–H groups in total. The number of hydrogen-bond donors (Lipinski definition) is 2. The molecule has 0 heterocycles. The van der Waals surface area contributed by atoms with Gasteiger partial charge in [0.1, 0.15) is 0 Å². The van der Waals surface area contributed by atoms with Gasteiger partial charge in [0.15, 0.2) is 0 Å². The van der Waals surface area contributed by atoms with Gasteiger partial charge in [-0.2, -0.15) is 0 Å². The van der Waals surface area contributed by atoms with Crippen molar-refractivity contribution in [2.45, 2.75) is 104 Å². The number of aliphatic carboxylic acids is 1. The van der Waals surface area contributed by atoms with Crippen LogP contribution in [0.4, 0.5) is 0 Å². The van der Waals surface area contributed by atoms with E-state index in [2.05, 4.69) is 27.7 Å². The van der Waals surface area contributed by atoms with Crippen LogP contribution in [-0.2, 0) is 4.79 Å². The van der Waals surface area contributed by atoms with Crippen LogP contribution in [0, 0.1) is 45.8 Å². The molecule has 0 unspecified atom stereocenters. The third kappa shape index (κ3) is 3.11. The van der Waals surface area contributed by atoms with Gasteiger partial charge in [-0.25, -0.2) is 0 Å². The highest BCUT2D eigenvalue weighted by molar-refractivity contribution is 5.64. The van der Waals surface area contributed by atoms with Crippen molar-refractivity contribution in [3.8, 4) is 0 Å². The molecule has 0 aromatic rings. The average Bonchev–Trinajstić information content (AvgIpc) is 3.03. The van der Waals surface area contributed by atoms with E-state index in [9.17, 15) is 20.1 Å². The summed E-state index contributed by atoms with van der Waals surface area (Å²) in [6.07, 6.45) is 8.78. The zero-order valence-electron chi connectivity index (χ0n) is 18.8. The summed E-state index contributed by atoms with van der Waals surface area (Å²) in [5.74, 6) is 1.33. The molecule has 0 aliphatic heterocycles. The summed E-state index contributed by atoms with van der Waals surface area (Å²) < 4.78 is 0. The molecular formula is C25H41O4-. The number of hydrogen-bond acceptors (Lipinski definition) is 4. The second-order valence-electron chi connectivity index (χ2n) is 12.0. The van der Waals surface area contributed by atoms with Crippen molar-refractivity contribution in [1.29, 1.82) is 0 Å². The zero-order valence-corrected chi connectivity index (χ0v) is 18.8. The van der Waals surface area contributed by atoms with E-state index in [0.717, 1.165) is 38.5 Å². The highest BCUT2D eigenvalue weighted by Gasteiger charge is 2.67. The van der Waals surface area contributed by atoms with Crippen molar-refractivity contribution in [3.63, 3.8) is 0 Å². The maximum atomic E-state index is 11.6. The van der Waals surface area contributed by atoms with Gasteiger partial charge in [0.2, 0.25) is 0 Å². The number of rotatable bonds is 4. The zero-order chi connectivity index (χ0) is 21.2. The topological polar surface area (TPSA) is 80.6 Å². The third-order valence-corrected chi connectivity index (χ3v) is 10.9. The van der Waals surface area contributed by atoms with Gasteiger partial charge in [0.25, 0.3) is 0 Å². The number of carbonyl (C=O) groups excluding carboxylic acids is 1. The molecule has 10 atom stereocenters. The number of carboxylic acids is 1. The van der Waals surface area contributed by atoms with E-state index < -0.39 is 5.97 Å². The van der Waals surface area contributed by atoms with Crippen molar-refractivity contribution < 1.29 is 20.1 Å². The van der Waals surface area contributed by atoms with E-state index >= 15 is 0 Å². The predicted octanol–water partition coefficient (Wildman–Crippen LogP) is 3.53. The Morgan fingerprint density at radius 3 is 2.38 bits per heavy atom. The van der Waals surface area contributed by atoms with E-state index in [0.29, 0.717) is 36.0 Å². The fourth-order valence-corrected chi connectivity index (χ4v) is 9.34. The Labute approximate surface area is 176 Å². The molecule has 166 valence electrons. The summed E-state index contributed by atoms with van der Waals surface area (Å²) in [5.41, 5.74) is 0.353. The Morgan fingerprint density at radius 2 is 1.69 bits per heavy atom. The van der Waals surface area contributed by atoms with Gasteiger partial charge in [-0.05, 0) is 110 Å². The van der Waals surface area contributed by atoms with Crippen molar-refractivity contribution in [2.24, 2.45) is 45.8 Å². The molecule has 0 aromatic carbocycles. The highest BCUT2D eigenvalue weighted by Crippen LogP contribution is 2.72. The molecule has 0 saturated heterocycles. The second-order valence-corrected chi connectivity index (χ2v) is 12.0. The van der Waals surface area contributed by atoms with E-state index in [4.69, 9.17) is 0 Å². The quantitative estimate of drug-likeness (QED) is 0.750. The molecule has 4 rings (SSSR count). The van der Waals surface area contributed by atoms with Crippen LogP contribution in [0.2, 0.25) is 0 Å². The van der Waals surface area contributed by atoms with Gasteiger partial charge in [-0.1, -0.05) is 27.7 Å². The summed E-state index contributed by atoms with van der Waals surface area (Å²) >= 11 is 0. The monoisotopic (exact) mass is 405 g/mol. The molecule has 4 saturated carbocycles. The van der Waals surface area contributed by atoms with E-state index in [1.54, 1.807) is 0 Å². The minimum absolute atomic E-state index is 0.117. The molecule has 0 spiro atoms. The summed E-state index contributed by atoms with van der Waals surface area (Å²) in [7, 11) is 0. The van der Waals surface area contributed by atoms with Gasteiger partial charge >= 0.3 is 0 Å². The first-order valence-corrected chi connectivity index (χ1v) is 12.1. The summed E-state index contributed by atoms with van der Waals surface area (Å²) in [6.45, 7) is 9.46. The summed E-state index contributed by atoms with van der Waals surface area (Å²) in [4.78, 5) is 11.0. The largest absolute Gasteiger partial charge is 0.550 e. The fraction of sp³-hybridized carbons (Fsp3) is 0.960. The molecule has 4 heteroatoms. The first-order valence-electron chi connectivity index (χ1n) is 12.1. The SMILES string of the molecule is C[C@H](CCC(=O)[O-])[C@H]1CC[C@H]2[C@]3(C)CC[C@@H]4C[C@H](O)CC[C@]4(C)[C@H]3C[C@H](O)[C@]12C. The first kappa shape index (κ1) is 21.6. The molecule has 0 aromatic heterocycles. The molecule has 4 fully saturated rings. The van der Waals surface area contributed by atoms with Gasteiger partial charge in [-0.15, -0.1) is 0 Å². The Hall–Kier alpha value is -0.610. The van der Waals surface area contributed by atoms with Crippen LogP contribution in [0.3, 0.4) is 0 Å². The molecule has 4 aliphatic carbocycles. The number of aliphatic hydroxyl groups excluding tert-OH is 2. The molecule has 0 bridgehead atoms. The number of carboxylic acid groups (broad SMARTS) is 1. The van der Waals surface area contributed by atoms with Crippen molar-refractivity contribution >= 4 is 5.97 Å². The van der Waals surface area contributed by atoms with Gasteiger partial charge < -0.3 is 20.1 Å². The van der Waals surface area contributed by atoms with E-state index in [1.165, 1.54) is 12.8 Å².